The van der Waals surface area contributed by atoms with Crippen LogP contribution in [0.25, 0.3) is 0 Å². The number of ether oxygens (including phenoxy) is 2. The summed E-state index contributed by atoms with van der Waals surface area (Å²) >= 11 is 0. The average molecular weight is 545 g/mol. The van der Waals surface area contributed by atoms with E-state index in [0.29, 0.717) is 49.2 Å². The molecule has 0 bridgehead atoms. The van der Waals surface area contributed by atoms with Gasteiger partial charge in [0.15, 0.2) is 0 Å². The van der Waals surface area contributed by atoms with Crippen molar-refractivity contribution in [1.29, 1.82) is 0 Å². The first-order valence-corrected chi connectivity index (χ1v) is 14.7. The highest BCUT2D eigenvalue weighted by atomic mass is 16.5. The molecule has 4 fully saturated rings. The van der Waals surface area contributed by atoms with Gasteiger partial charge in [0.05, 0.1) is 6.10 Å². The Kier molecular flexibility index (Phi) is 8.17. The fraction of sp³-hybridized carbons (Fsp3) is 0.781. The molecule has 2 N–H and O–H groups in total. The van der Waals surface area contributed by atoms with Crippen LogP contribution >= 0.6 is 0 Å². The molecule has 0 aromatic heterocycles. The van der Waals surface area contributed by atoms with Crippen LogP contribution in [0.3, 0.4) is 0 Å². The summed E-state index contributed by atoms with van der Waals surface area (Å²) in [6, 6.07) is 0. The van der Waals surface area contributed by atoms with Crippen molar-refractivity contribution < 1.29 is 34.1 Å². The van der Waals surface area contributed by atoms with Crippen LogP contribution in [0.4, 0.5) is 0 Å². The predicted octanol–water partition coefficient (Wildman–Crippen LogP) is 5.85. The third-order valence-corrected chi connectivity index (χ3v) is 11.8. The summed E-state index contributed by atoms with van der Waals surface area (Å²) in [4.78, 5) is 36.1. The molecule has 0 amide bonds. The van der Waals surface area contributed by atoms with Crippen LogP contribution in [-0.4, -0.2) is 46.9 Å². The molecule has 39 heavy (non-hydrogen) atoms. The van der Waals surface area contributed by atoms with E-state index in [0.717, 1.165) is 31.3 Å². The van der Waals surface area contributed by atoms with E-state index < -0.39 is 24.1 Å². The Hall–Kier alpha value is -2.15. The van der Waals surface area contributed by atoms with E-state index in [1.807, 2.05) is 19.9 Å². The maximum absolute atomic E-state index is 12.7. The van der Waals surface area contributed by atoms with Gasteiger partial charge in [0.25, 0.3) is 6.47 Å². The van der Waals surface area contributed by atoms with E-state index in [1.165, 1.54) is 6.92 Å². The third kappa shape index (κ3) is 4.76. The number of aliphatic hydroxyl groups is 1. The Morgan fingerprint density at radius 3 is 2.36 bits per heavy atom. The lowest BCUT2D eigenvalue weighted by Gasteiger charge is -2.69. The van der Waals surface area contributed by atoms with Crippen molar-refractivity contribution in [3.63, 3.8) is 0 Å². The average Bonchev–Trinajstić information content (AvgIpc) is 3.09. The fourth-order valence-corrected chi connectivity index (χ4v) is 10.0. The molecule has 4 rings (SSSR count). The monoisotopic (exact) mass is 544 g/mol. The second-order valence-electron chi connectivity index (χ2n) is 13.8. The Morgan fingerprint density at radius 1 is 1.08 bits per heavy atom. The van der Waals surface area contributed by atoms with Gasteiger partial charge in [-0.25, -0.2) is 4.79 Å². The molecular formula is C32H48O7. The zero-order chi connectivity index (χ0) is 28.9. The minimum atomic E-state index is -0.965. The molecule has 4 saturated carbocycles. The van der Waals surface area contributed by atoms with Crippen LogP contribution in [0.2, 0.25) is 0 Å². The number of allylic oxidation sites excluding steroid dienone is 2. The number of carbonyl (C=O) groups is 3. The fourth-order valence-electron chi connectivity index (χ4n) is 10.0. The highest BCUT2D eigenvalue weighted by Crippen LogP contribution is 2.74. The van der Waals surface area contributed by atoms with Crippen molar-refractivity contribution in [2.24, 2.45) is 39.9 Å². The summed E-state index contributed by atoms with van der Waals surface area (Å²) in [5.41, 5.74) is 1.43. The minimum absolute atomic E-state index is 0.0147. The first-order valence-electron chi connectivity index (χ1n) is 14.7. The van der Waals surface area contributed by atoms with Gasteiger partial charge in [-0.15, -0.1) is 0 Å². The van der Waals surface area contributed by atoms with Gasteiger partial charge in [-0.2, -0.15) is 0 Å². The van der Waals surface area contributed by atoms with Crippen molar-refractivity contribution in [3.8, 4) is 0 Å². The molecule has 0 aliphatic heterocycles. The third-order valence-electron chi connectivity index (χ3n) is 11.8. The van der Waals surface area contributed by atoms with Crippen LogP contribution in [-0.2, 0) is 23.9 Å². The number of carbonyl (C=O) groups excluding carboxylic acids is 2. The lowest BCUT2D eigenvalue weighted by Crippen LogP contribution is -2.65. The molecule has 218 valence electrons. The molecule has 0 aromatic rings. The van der Waals surface area contributed by atoms with Gasteiger partial charge in [0.2, 0.25) is 0 Å². The standard InChI is InChI=1S/C32H48O7/c1-18(2)9-8-10-21(29(36)37)27-23-15-24(35)28-30(5)13-12-25(38-17-33)19(3)22(30)11-14-31(28,6)32(23,7)16-26(27)39-20(4)34/h9,17,19,22-26,28,35H,8,10-16H2,1-7H3,(H,36,37)/t19-,22?,23+,24+,25+,26-,28+,30-,31-,32-/m0/s1. The molecule has 0 radical (unpaired) electrons. The molecule has 7 nitrogen and oxygen atoms in total. The molecule has 0 spiro atoms. The van der Waals surface area contributed by atoms with Gasteiger partial charge < -0.3 is 19.7 Å². The summed E-state index contributed by atoms with van der Waals surface area (Å²) in [7, 11) is 0. The molecule has 4 aliphatic rings. The second-order valence-corrected chi connectivity index (χ2v) is 13.8. The van der Waals surface area contributed by atoms with Gasteiger partial charge in [-0.1, -0.05) is 39.3 Å². The normalized spacial score (nSPS) is 44.3. The van der Waals surface area contributed by atoms with Crippen molar-refractivity contribution >= 4 is 18.4 Å². The van der Waals surface area contributed by atoms with Gasteiger partial charge >= 0.3 is 11.9 Å². The van der Waals surface area contributed by atoms with Crippen molar-refractivity contribution in [2.75, 3.05) is 0 Å². The molecule has 10 atom stereocenters. The van der Waals surface area contributed by atoms with Crippen LogP contribution in [0.1, 0.15) is 99.8 Å². The Labute approximate surface area is 233 Å². The number of hydrogen-bond acceptors (Lipinski definition) is 6. The number of esters is 1. The van der Waals surface area contributed by atoms with Gasteiger partial charge in [0.1, 0.15) is 12.2 Å². The Morgan fingerprint density at radius 2 is 1.77 bits per heavy atom. The molecule has 0 aromatic carbocycles. The number of carboxylic acids is 1. The SMILES string of the molecule is CC(=O)O[C@H]1C[C@@]2(C)[C@H](C[C@@H](O)[C@@H]3[C@@]4(C)CC[C@@H](OC=O)[C@@H](C)C4CC[C@@]32C)C1=C(CCC=C(C)C)C(=O)O. The lowest BCUT2D eigenvalue weighted by molar-refractivity contribution is -0.235. The highest BCUT2D eigenvalue weighted by molar-refractivity contribution is 5.88. The Bertz CT molecular complexity index is 1060. The second kappa shape index (κ2) is 10.7. The summed E-state index contributed by atoms with van der Waals surface area (Å²) in [5, 5.41) is 22.3. The molecule has 7 heteroatoms. The van der Waals surface area contributed by atoms with Crippen molar-refractivity contribution in [1.82, 2.24) is 0 Å². The zero-order valence-corrected chi connectivity index (χ0v) is 24.8. The number of hydrogen-bond donors (Lipinski definition) is 2. The van der Waals surface area contributed by atoms with E-state index in [9.17, 15) is 24.6 Å². The highest BCUT2D eigenvalue weighted by Gasteiger charge is 2.71. The van der Waals surface area contributed by atoms with Crippen LogP contribution in [0, 0.1) is 39.9 Å². The quantitative estimate of drug-likeness (QED) is 0.179. The largest absolute Gasteiger partial charge is 0.478 e. The number of rotatable bonds is 7. The van der Waals surface area contributed by atoms with E-state index in [4.69, 9.17) is 9.47 Å². The molecule has 4 aliphatic carbocycles. The summed E-state index contributed by atoms with van der Waals surface area (Å²) < 4.78 is 11.4. The van der Waals surface area contributed by atoms with Crippen LogP contribution in [0.15, 0.2) is 22.8 Å². The molecular weight excluding hydrogens is 496 g/mol. The first-order chi connectivity index (χ1) is 18.2. The topological polar surface area (TPSA) is 110 Å². The van der Waals surface area contributed by atoms with E-state index >= 15 is 0 Å². The lowest BCUT2D eigenvalue weighted by atomic mass is 9.36. The van der Waals surface area contributed by atoms with Gasteiger partial charge in [-0.05, 0) is 111 Å². The molecule has 1 unspecified atom stereocenters. The van der Waals surface area contributed by atoms with E-state index in [2.05, 4.69) is 27.7 Å². The number of fused-ring (bicyclic) bond motifs is 5. The number of aliphatic hydroxyl groups excluding tert-OH is 1. The minimum Gasteiger partial charge on any atom is -0.478 e. The molecule has 0 heterocycles. The van der Waals surface area contributed by atoms with Crippen LogP contribution < -0.4 is 0 Å². The first kappa shape index (κ1) is 29.8. The number of carboxylic acid groups (broad SMARTS) is 1. The zero-order valence-electron chi connectivity index (χ0n) is 24.8. The predicted molar refractivity (Wildman–Crippen MR) is 147 cm³/mol. The molecule has 0 saturated heterocycles. The van der Waals surface area contributed by atoms with Gasteiger partial charge in [-0.3, -0.25) is 9.59 Å². The maximum atomic E-state index is 12.7. The van der Waals surface area contributed by atoms with Crippen molar-refractivity contribution in [2.45, 2.75) is 118 Å². The number of aliphatic carboxylic acids is 1. The van der Waals surface area contributed by atoms with Gasteiger partial charge in [0, 0.05) is 12.5 Å². The van der Waals surface area contributed by atoms with E-state index in [-0.39, 0.29) is 40.1 Å². The summed E-state index contributed by atoms with van der Waals surface area (Å²) in [5.74, 6) is -1.01. The van der Waals surface area contributed by atoms with Crippen LogP contribution in [0.5, 0.6) is 0 Å². The van der Waals surface area contributed by atoms with E-state index in [1.54, 1.807) is 0 Å². The van der Waals surface area contributed by atoms with Crippen molar-refractivity contribution in [3.05, 3.63) is 22.8 Å². The maximum Gasteiger partial charge on any atom is 0.331 e. The Balaban J connectivity index is 1.79. The summed E-state index contributed by atoms with van der Waals surface area (Å²) in [6.45, 7) is 15.0. The summed E-state index contributed by atoms with van der Waals surface area (Å²) in [6.07, 6.45) is 6.25. The smallest absolute Gasteiger partial charge is 0.331 e.